The van der Waals surface area contributed by atoms with Gasteiger partial charge in [-0.05, 0) is 65.5 Å². The van der Waals surface area contributed by atoms with Crippen molar-refractivity contribution in [1.29, 1.82) is 0 Å². The van der Waals surface area contributed by atoms with Gasteiger partial charge in [-0.1, -0.05) is 114 Å². The quantitative estimate of drug-likeness (QED) is 0.0869. The Labute approximate surface area is 370 Å². The van der Waals surface area contributed by atoms with Crippen LogP contribution in [0, 0.1) is 10.8 Å². The minimum absolute atomic E-state index is 0.0216. The first kappa shape index (κ1) is 46.2. The summed E-state index contributed by atoms with van der Waals surface area (Å²) in [5.41, 5.74) is 3.84. The fourth-order valence-electron chi connectivity index (χ4n) is 8.73. The van der Waals surface area contributed by atoms with Crippen molar-refractivity contribution in [2.24, 2.45) is 17.9 Å². The number of para-hydroxylation sites is 2. The molecule has 0 saturated carbocycles. The van der Waals surface area contributed by atoms with E-state index in [0.717, 1.165) is 44.1 Å². The molecule has 0 unspecified atom stereocenters. The predicted molar refractivity (Wildman–Crippen MR) is 244 cm³/mol. The van der Waals surface area contributed by atoms with Crippen LogP contribution >= 0.6 is 0 Å². The Hall–Kier alpha value is -6.28. The molecule has 63 heavy (non-hydrogen) atoms. The Bertz CT molecular complexity index is 2360. The van der Waals surface area contributed by atoms with Crippen LogP contribution in [0.1, 0.15) is 64.9 Å². The number of nitrogens with one attached hydrogen (secondary N) is 2. The zero-order valence-electron chi connectivity index (χ0n) is 37.7. The lowest BCUT2D eigenvalue weighted by Crippen LogP contribution is -2.59. The van der Waals surface area contributed by atoms with Crippen LogP contribution in [0.25, 0.3) is 22.3 Å². The number of nitrogens with zero attached hydrogens (tertiary/aromatic N) is 6. The molecule has 1 saturated heterocycles. The number of carbonyl (C=O) groups is 4. The molecule has 5 amide bonds. The SMILES string of the molecule is CN(C(=O)O)[C@H](C(=O)N[C@H](Cc1ccc(-c2ccccn2)cc1)C[C@H](O)[C@H](Cc1ccccc1)NC(=O)[C@@H](N1CCN(Cc2nc3ccccc3n2C)C1=O)C(C)(C)C)C(C)(C)C. The second-order valence-corrected chi connectivity index (χ2v) is 18.8. The number of pyridine rings is 1. The van der Waals surface area contributed by atoms with Gasteiger partial charge in [0.15, 0.2) is 0 Å². The van der Waals surface area contributed by atoms with Crippen LogP contribution in [0.2, 0.25) is 0 Å². The number of urea groups is 1. The number of benzene rings is 3. The molecule has 1 aliphatic rings. The standard InChI is InChI=1S/C49H62N8O6/c1-48(2,3)42(55(8)47(62)63)44(59)51-35(28-33-21-23-34(24-22-33)36-18-14-15-25-50-36)30-40(58)38(29-32-16-10-9-11-17-32)53-45(60)43(49(4,5)6)57-27-26-56(46(57)61)31-41-52-37-19-12-13-20-39(37)54(41)7/h9-25,35,38,40,42-43,58H,26-31H2,1-8H3,(H,51,59)(H,53,60)(H,62,63)/t35-,38+,40+,42-,43-/m1/s1. The molecule has 0 bridgehead atoms. The van der Waals surface area contributed by atoms with Gasteiger partial charge in [0.2, 0.25) is 11.8 Å². The second-order valence-electron chi connectivity index (χ2n) is 18.8. The van der Waals surface area contributed by atoms with E-state index in [9.17, 15) is 29.4 Å². The molecule has 5 aromatic rings. The molecule has 1 aliphatic heterocycles. The number of amides is 5. The van der Waals surface area contributed by atoms with Crippen LogP contribution in [0.15, 0.2) is 103 Å². The summed E-state index contributed by atoms with van der Waals surface area (Å²) in [5.74, 6) is -0.160. The molecule has 14 nitrogen and oxygen atoms in total. The highest BCUT2D eigenvalue weighted by atomic mass is 16.4. The lowest BCUT2D eigenvalue weighted by atomic mass is 9.84. The number of aromatic nitrogens is 3. The molecule has 6 rings (SSSR count). The fourth-order valence-corrected chi connectivity index (χ4v) is 8.73. The topological polar surface area (TPSA) is 173 Å². The Balaban J connectivity index is 1.26. The number of rotatable bonds is 16. The number of hydrogen-bond acceptors (Lipinski definition) is 7. The summed E-state index contributed by atoms with van der Waals surface area (Å²) in [5, 5.41) is 28.5. The average Bonchev–Trinajstić information content (AvgIpc) is 3.74. The molecular weight excluding hydrogens is 797 g/mol. The maximum Gasteiger partial charge on any atom is 0.407 e. The number of carboxylic acid groups (broad SMARTS) is 1. The van der Waals surface area contributed by atoms with E-state index in [4.69, 9.17) is 4.98 Å². The highest BCUT2D eigenvalue weighted by molar-refractivity contribution is 5.89. The van der Waals surface area contributed by atoms with Crippen LogP contribution < -0.4 is 10.6 Å². The molecule has 5 atom stereocenters. The molecular formula is C49H62N8O6. The van der Waals surface area contributed by atoms with Crippen molar-refractivity contribution in [2.45, 2.75) is 97.6 Å². The number of likely N-dealkylation sites (N-methyl/N-ethyl adjacent to an activating group) is 1. The predicted octanol–water partition coefficient (Wildman–Crippen LogP) is 6.52. The number of aryl methyl sites for hydroxylation is 1. The van der Waals surface area contributed by atoms with Gasteiger partial charge in [0.05, 0.1) is 35.4 Å². The van der Waals surface area contributed by atoms with E-state index in [-0.39, 0.29) is 25.4 Å². The molecule has 4 N–H and O–H groups in total. The van der Waals surface area contributed by atoms with Crippen molar-refractivity contribution < 1.29 is 29.4 Å². The van der Waals surface area contributed by atoms with E-state index < -0.39 is 59.0 Å². The lowest BCUT2D eigenvalue weighted by Gasteiger charge is -2.38. The molecule has 0 aliphatic carbocycles. The van der Waals surface area contributed by atoms with Crippen molar-refractivity contribution in [3.63, 3.8) is 0 Å². The van der Waals surface area contributed by atoms with Crippen LogP contribution in [-0.2, 0) is 36.0 Å². The number of aliphatic hydroxyl groups excluding tert-OH is 1. The number of hydrogen-bond donors (Lipinski definition) is 4. The Kier molecular flexibility index (Phi) is 14.2. The molecule has 3 heterocycles. The normalized spacial score (nSPS) is 15.7. The summed E-state index contributed by atoms with van der Waals surface area (Å²) in [6.07, 6.45) is -0.0966. The lowest BCUT2D eigenvalue weighted by molar-refractivity contribution is -0.131. The molecule has 2 aromatic heterocycles. The van der Waals surface area contributed by atoms with E-state index >= 15 is 0 Å². The smallest absolute Gasteiger partial charge is 0.407 e. The van der Waals surface area contributed by atoms with Gasteiger partial charge in [-0.15, -0.1) is 0 Å². The van der Waals surface area contributed by atoms with Crippen LogP contribution in [0.4, 0.5) is 9.59 Å². The highest BCUT2D eigenvalue weighted by Crippen LogP contribution is 2.30. The van der Waals surface area contributed by atoms with Crippen molar-refractivity contribution in [3.05, 3.63) is 120 Å². The zero-order valence-corrected chi connectivity index (χ0v) is 37.7. The maximum atomic E-state index is 14.7. The summed E-state index contributed by atoms with van der Waals surface area (Å²) in [6.45, 7) is 12.2. The molecule has 0 spiro atoms. The fraction of sp³-hybridized carbons (Fsp3) is 0.429. The first-order chi connectivity index (χ1) is 29.8. The van der Waals surface area contributed by atoms with E-state index in [0.29, 0.717) is 19.5 Å². The molecule has 1 fully saturated rings. The first-order valence-corrected chi connectivity index (χ1v) is 21.6. The van der Waals surface area contributed by atoms with Gasteiger partial charge in [-0.3, -0.25) is 19.5 Å². The first-order valence-electron chi connectivity index (χ1n) is 21.6. The average molecular weight is 859 g/mol. The van der Waals surface area contributed by atoms with Crippen LogP contribution in [0.5, 0.6) is 0 Å². The van der Waals surface area contributed by atoms with Gasteiger partial charge < -0.3 is 35.2 Å². The Morgan fingerprint density at radius 3 is 2.06 bits per heavy atom. The minimum atomic E-state index is -1.24. The molecule has 14 heteroatoms. The van der Waals surface area contributed by atoms with Crippen molar-refractivity contribution in [1.82, 2.24) is 39.9 Å². The van der Waals surface area contributed by atoms with Gasteiger partial charge in [0.25, 0.3) is 0 Å². The number of carbonyl (C=O) groups excluding carboxylic acids is 3. The third kappa shape index (κ3) is 11.2. The van der Waals surface area contributed by atoms with Gasteiger partial charge in [-0.2, -0.15) is 0 Å². The van der Waals surface area contributed by atoms with Gasteiger partial charge >= 0.3 is 12.1 Å². The third-order valence-corrected chi connectivity index (χ3v) is 11.8. The largest absolute Gasteiger partial charge is 0.465 e. The van der Waals surface area contributed by atoms with Crippen molar-refractivity contribution >= 4 is 35.0 Å². The minimum Gasteiger partial charge on any atom is -0.465 e. The third-order valence-electron chi connectivity index (χ3n) is 11.8. The highest BCUT2D eigenvalue weighted by Gasteiger charge is 2.45. The summed E-state index contributed by atoms with van der Waals surface area (Å²) in [6, 6.07) is 27.1. The monoisotopic (exact) mass is 858 g/mol. The van der Waals surface area contributed by atoms with Gasteiger partial charge in [-0.25, -0.2) is 14.6 Å². The van der Waals surface area contributed by atoms with Gasteiger partial charge in [0, 0.05) is 45.0 Å². The van der Waals surface area contributed by atoms with Crippen molar-refractivity contribution in [3.8, 4) is 11.3 Å². The summed E-state index contributed by atoms with van der Waals surface area (Å²) >= 11 is 0. The van der Waals surface area contributed by atoms with Gasteiger partial charge in [0.1, 0.15) is 17.9 Å². The summed E-state index contributed by atoms with van der Waals surface area (Å²) in [4.78, 5) is 68.8. The van der Waals surface area contributed by atoms with Crippen LogP contribution in [-0.4, -0.2) is 114 Å². The second kappa shape index (κ2) is 19.4. The van der Waals surface area contributed by atoms with E-state index in [1.54, 1.807) is 36.8 Å². The number of fused-ring (bicyclic) bond motifs is 1. The number of aliphatic hydroxyl groups is 1. The van der Waals surface area contributed by atoms with E-state index in [2.05, 4.69) is 15.6 Å². The summed E-state index contributed by atoms with van der Waals surface area (Å²) in [7, 11) is 3.30. The Morgan fingerprint density at radius 1 is 0.794 bits per heavy atom. The van der Waals surface area contributed by atoms with E-state index in [1.807, 2.05) is 129 Å². The zero-order chi connectivity index (χ0) is 45.6. The summed E-state index contributed by atoms with van der Waals surface area (Å²) < 4.78 is 1.98. The molecule has 0 radical (unpaired) electrons. The van der Waals surface area contributed by atoms with Crippen molar-refractivity contribution in [2.75, 3.05) is 20.1 Å². The Morgan fingerprint density at radius 2 is 1.44 bits per heavy atom. The molecule has 334 valence electrons. The number of imidazole rings is 1. The van der Waals surface area contributed by atoms with Crippen LogP contribution in [0.3, 0.4) is 0 Å². The van der Waals surface area contributed by atoms with E-state index in [1.165, 1.54) is 7.05 Å². The molecule has 3 aromatic carbocycles. The maximum absolute atomic E-state index is 14.7.